The number of fused-ring (bicyclic) bond motifs is 13. The van der Waals surface area contributed by atoms with Crippen LogP contribution in [0, 0.1) is 0 Å². The van der Waals surface area contributed by atoms with Crippen LogP contribution in [-0.2, 0) is 0 Å². The van der Waals surface area contributed by atoms with Gasteiger partial charge in [0.1, 0.15) is 11.2 Å². The number of benzene rings is 8. The molecule has 6 heteroatoms. The first-order chi connectivity index (χ1) is 29.7. The molecule has 0 radical (unpaired) electrons. The van der Waals surface area contributed by atoms with Crippen molar-refractivity contribution in [3.05, 3.63) is 193 Å². The zero-order chi connectivity index (χ0) is 39.3. The first kappa shape index (κ1) is 33.6. The van der Waals surface area contributed by atoms with Crippen molar-refractivity contribution in [1.29, 1.82) is 0 Å². The van der Waals surface area contributed by atoms with Crippen molar-refractivity contribution in [1.82, 2.24) is 19.9 Å². The summed E-state index contributed by atoms with van der Waals surface area (Å²) in [5.41, 5.74) is 8.97. The van der Waals surface area contributed by atoms with Crippen LogP contribution in [0.4, 0.5) is 0 Å². The van der Waals surface area contributed by atoms with Crippen LogP contribution < -0.4 is 0 Å². The SMILES string of the molecule is C1=CC2Sc3c(ccc4c(-c5cc6ccccc6c6ccccc56)nc5ccccc5c34)C2C=C1c1nc(-c2ccccc2)nc(-c2cccc3oc4ccccc4c23)n1. The third kappa shape index (κ3) is 5.07. The predicted octanol–water partition coefficient (Wildman–Crippen LogP) is 14.0. The molecule has 0 amide bonds. The van der Waals surface area contributed by atoms with Crippen LogP contribution in [0.25, 0.3) is 105 Å². The third-order valence-electron chi connectivity index (χ3n) is 12.2. The van der Waals surface area contributed by atoms with Crippen molar-refractivity contribution in [3.63, 3.8) is 0 Å². The van der Waals surface area contributed by atoms with E-state index in [1.54, 1.807) is 0 Å². The lowest BCUT2D eigenvalue weighted by Crippen LogP contribution is -2.11. The van der Waals surface area contributed by atoms with E-state index in [0.29, 0.717) is 17.5 Å². The van der Waals surface area contributed by atoms with E-state index in [1.165, 1.54) is 48.2 Å². The van der Waals surface area contributed by atoms with Crippen molar-refractivity contribution in [3.8, 4) is 34.0 Å². The smallest absolute Gasteiger partial charge is 0.164 e. The van der Waals surface area contributed by atoms with Crippen LogP contribution in [0.3, 0.4) is 0 Å². The molecule has 0 saturated carbocycles. The molecule has 0 saturated heterocycles. The van der Waals surface area contributed by atoms with Crippen LogP contribution in [0.15, 0.2) is 191 Å². The molecule has 2 aliphatic rings. The van der Waals surface area contributed by atoms with Gasteiger partial charge in [0.2, 0.25) is 0 Å². The number of furan rings is 1. The summed E-state index contributed by atoms with van der Waals surface area (Å²) in [5, 5.41) is 10.8. The van der Waals surface area contributed by atoms with Gasteiger partial charge < -0.3 is 4.42 Å². The van der Waals surface area contributed by atoms with Crippen LogP contribution in [-0.4, -0.2) is 25.2 Å². The lowest BCUT2D eigenvalue weighted by Gasteiger charge is -2.19. The molecule has 5 nitrogen and oxygen atoms in total. The van der Waals surface area contributed by atoms with Gasteiger partial charge in [-0.15, -0.1) is 11.8 Å². The Labute approximate surface area is 348 Å². The van der Waals surface area contributed by atoms with Gasteiger partial charge in [-0.05, 0) is 51.4 Å². The summed E-state index contributed by atoms with van der Waals surface area (Å²) < 4.78 is 6.28. The summed E-state index contributed by atoms with van der Waals surface area (Å²) in [7, 11) is 0. The number of thioether (sulfide) groups is 1. The van der Waals surface area contributed by atoms with Gasteiger partial charge in [-0.3, -0.25) is 0 Å². The molecule has 280 valence electrons. The van der Waals surface area contributed by atoms with Crippen LogP contribution in [0.2, 0.25) is 0 Å². The number of hydrogen-bond donors (Lipinski definition) is 0. The number of aromatic nitrogens is 4. The molecule has 0 N–H and O–H groups in total. The Kier molecular flexibility index (Phi) is 7.30. The first-order valence-corrected chi connectivity index (χ1v) is 21.2. The van der Waals surface area contributed by atoms with Crippen LogP contribution in [0.1, 0.15) is 17.3 Å². The summed E-state index contributed by atoms with van der Waals surface area (Å²) in [4.78, 5) is 22.3. The quantitative estimate of drug-likeness (QED) is 0.166. The van der Waals surface area contributed by atoms with Crippen LogP contribution in [0.5, 0.6) is 0 Å². The van der Waals surface area contributed by atoms with Crippen molar-refractivity contribution in [2.75, 3.05) is 0 Å². The van der Waals surface area contributed by atoms with E-state index in [4.69, 9.17) is 24.4 Å². The molecule has 1 aliphatic heterocycles. The van der Waals surface area contributed by atoms with Crippen molar-refractivity contribution in [2.24, 2.45) is 0 Å². The molecule has 0 bridgehead atoms. The topological polar surface area (TPSA) is 64.7 Å². The minimum atomic E-state index is 0.132. The predicted molar refractivity (Wildman–Crippen MR) is 247 cm³/mol. The van der Waals surface area contributed by atoms with E-state index in [9.17, 15) is 0 Å². The zero-order valence-electron chi connectivity index (χ0n) is 32.1. The molecule has 0 fully saturated rings. The van der Waals surface area contributed by atoms with E-state index in [-0.39, 0.29) is 11.2 Å². The van der Waals surface area contributed by atoms with Gasteiger partial charge >= 0.3 is 0 Å². The molecule has 3 aromatic heterocycles. The van der Waals surface area contributed by atoms with E-state index in [1.807, 2.05) is 60.3 Å². The molecule has 11 aromatic rings. The van der Waals surface area contributed by atoms with E-state index >= 15 is 0 Å². The molecule has 0 spiro atoms. The molecular weight excluding hydrogens is 753 g/mol. The monoisotopic (exact) mass is 784 g/mol. The fourth-order valence-electron chi connectivity index (χ4n) is 9.50. The molecule has 13 rings (SSSR count). The van der Waals surface area contributed by atoms with E-state index in [0.717, 1.165) is 55.4 Å². The molecule has 4 heterocycles. The average molecular weight is 785 g/mol. The molecular formula is C54H32N4OS. The van der Waals surface area contributed by atoms with E-state index < -0.39 is 0 Å². The average Bonchev–Trinajstić information content (AvgIpc) is 3.89. The Balaban J connectivity index is 0.993. The normalized spacial score (nSPS) is 16.0. The molecule has 60 heavy (non-hydrogen) atoms. The van der Waals surface area contributed by atoms with Crippen LogP contribution >= 0.6 is 11.8 Å². The van der Waals surface area contributed by atoms with Gasteiger partial charge in [-0.1, -0.05) is 158 Å². The Hall–Kier alpha value is -7.41. The van der Waals surface area contributed by atoms with Gasteiger partial charge in [0.15, 0.2) is 17.5 Å². The van der Waals surface area contributed by atoms with Crippen molar-refractivity contribution >= 4 is 82.5 Å². The lowest BCUT2D eigenvalue weighted by molar-refractivity contribution is 0.669. The van der Waals surface area contributed by atoms with Crippen molar-refractivity contribution in [2.45, 2.75) is 16.1 Å². The second kappa shape index (κ2) is 13.0. The lowest BCUT2D eigenvalue weighted by atomic mass is 9.87. The second-order valence-corrected chi connectivity index (χ2v) is 16.8. The summed E-state index contributed by atoms with van der Waals surface area (Å²) in [6.07, 6.45) is 6.92. The van der Waals surface area contributed by atoms with Gasteiger partial charge in [-0.2, -0.15) is 0 Å². The molecule has 1 aliphatic carbocycles. The largest absolute Gasteiger partial charge is 0.456 e. The molecule has 8 aromatic carbocycles. The minimum absolute atomic E-state index is 0.132. The van der Waals surface area contributed by atoms with Gasteiger partial charge in [0.25, 0.3) is 0 Å². The highest BCUT2D eigenvalue weighted by Gasteiger charge is 2.35. The number of hydrogen-bond acceptors (Lipinski definition) is 6. The number of pyridine rings is 1. The number of para-hydroxylation sites is 2. The maximum Gasteiger partial charge on any atom is 0.164 e. The van der Waals surface area contributed by atoms with Crippen molar-refractivity contribution < 1.29 is 4.42 Å². The maximum atomic E-state index is 6.28. The van der Waals surface area contributed by atoms with Gasteiger partial charge in [0, 0.05) is 65.3 Å². The summed E-state index contributed by atoms with van der Waals surface area (Å²) in [6, 6.07) is 57.4. The standard InChI is InChI=1S/C54H32N4OS/c1-2-13-31(14-3-1)52-56-53(58-54(57-52)41-21-12-24-46-48(41)39-20-9-11-23-45(39)59-46)33-25-28-47-42(30-33)37-26-27-40-49(51(37)60-47)38-19-8-10-22-44(38)55-50(40)43-29-32-15-4-5-16-34(32)35-17-6-7-18-36(35)43/h1-30,42,47H. The minimum Gasteiger partial charge on any atom is -0.456 e. The number of rotatable bonds is 4. The Morgan fingerprint density at radius 2 is 1.20 bits per heavy atom. The highest BCUT2D eigenvalue weighted by atomic mass is 32.2. The molecule has 2 unspecified atom stereocenters. The second-order valence-electron chi connectivity index (χ2n) is 15.6. The fourth-order valence-corrected chi connectivity index (χ4v) is 11.0. The Bertz CT molecular complexity index is 3660. The first-order valence-electron chi connectivity index (χ1n) is 20.3. The van der Waals surface area contributed by atoms with E-state index in [2.05, 4.69) is 133 Å². The molecule has 2 atom stereocenters. The number of allylic oxidation sites excluding steroid dienone is 3. The summed E-state index contributed by atoms with van der Waals surface area (Å²) in [6.45, 7) is 0. The van der Waals surface area contributed by atoms with Gasteiger partial charge in [0.05, 0.1) is 11.2 Å². The summed E-state index contributed by atoms with van der Waals surface area (Å²) in [5.74, 6) is 2.04. The Morgan fingerprint density at radius 3 is 2.10 bits per heavy atom. The Morgan fingerprint density at radius 1 is 0.483 bits per heavy atom. The highest BCUT2D eigenvalue weighted by molar-refractivity contribution is 8.00. The number of nitrogens with zero attached hydrogens (tertiary/aromatic N) is 4. The zero-order valence-corrected chi connectivity index (χ0v) is 32.9. The van der Waals surface area contributed by atoms with Gasteiger partial charge in [-0.25, -0.2) is 19.9 Å². The third-order valence-corrected chi connectivity index (χ3v) is 13.6. The maximum absolute atomic E-state index is 6.28. The highest BCUT2D eigenvalue weighted by Crippen LogP contribution is 2.54. The fraction of sp³-hybridized carbons (Fsp3) is 0.0370. The summed E-state index contributed by atoms with van der Waals surface area (Å²) >= 11 is 1.95.